The molecule has 0 aliphatic carbocycles. The van der Waals surface area contributed by atoms with Crippen molar-refractivity contribution < 1.29 is 27.8 Å². The number of carbonyl (C=O) groups is 1. The second-order valence-electron chi connectivity index (χ2n) is 5.31. The van der Waals surface area contributed by atoms with E-state index in [4.69, 9.17) is 9.52 Å². The van der Waals surface area contributed by atoms with Crippen molar-refractivity contribution in [1.82, 2.24) is 0 Å². The number of benzene rings is 1. The molecule has 0 bridgehead atoms. The molecule has 0 saturated heterocycles. The van der Waals surface area contributed by atoms with E-state index < -0.39 is 11.6 Å². The molecule has 130 valence electrons. The van der Waals surface area contributed by atoms with Crippen LogP contribution in [0.15, 0.2) is 28.7 Å². The number of hydrogen-bond donors (Lipinski definition) is 1. The first-order valence-electron chi connectivity index (χ1n) is 7.43. The molecule has 2 aromatic rings. The molecule has 2 rings (SSSR count). The third-order valence-electron chi connectivity index (χ3n) is 3.60. The third-order valence-corrected chi connectivity index (χ3v) is 3.60. The van der Waals surface area contributed by atoms with E-state index in [9.17, 15) is 13.6 Å². The van der Waals surface area contributed by atoms with E-state index >= 15 is 0 Å². The zero-order chi connectivity index (χ0) is 17.7. The van der Waals surface area contributed by atoms with Gasteiger partial charge in [-0.25, -0.2) is 8.78 Å². The minimum absolute atomic E-state index is 0.169. The Morgan fingerprint density at radius 3 is 2.50 bits per heavy atom. The zero-order valence-corrected chi connectivity index (χ0v) is 13.5. The first-order chi connectivity index (χ1) is 11.5. The largest absolute Gasteiger partial charge is 0.469 e. The Hall–Kier alpha value is -2.41. The Bertz CT molecular complexity index is 691. The fourth-order valence-electron chi connectivity index (χ4n) is 2.36. The summed E-state index contributed by atoms with van der Waals surface area (Å²) in [6.45, 7) is 0.0175. The molecule has 0 amide bonds. The molecule has 0 aliphatic heterocycles. The second kappa shape index (κ2) is 7.92. The van der Waals surface area contributed by atoms with E-state index in [-0.39, 0.29) is 36.0 Å². The summed E-state index contributed by atoms with van der Waals surface area (Å²) in [5.74, 6) is -1.23. The van der Waals surface area contributed by atoms with E-state index in [1.165, 1.54) is 30.2 Å². The number of methoxy groups -OCH3 is 1. The molecule has 24 heavy (non-hydrogen) atoms. The van der Waals surface area contributed by atoms with Crippen LogP contribution in [0.4, 0.5) is 14.5 Å². The predicted octanol–water partition coefficient (Wildman–Crippen LogP) is 3.11. The van der Waals surface area contributed by atoms with Gasteiger partial charge in [-0.1, -0.05) is 0 Å². The number of aliphatic hydroxyl groups excluding tert-OH is 1. The Morgan fingerprint density at radius 1 is 1.29 bits per heavy atom. The first-order valence-corrected chi connectivity index (χ1v) is 7.43. The molecule has 0 spiro atoms. The minimum Gasteiger partial charge on any atom is -0.469 e. The van der Waals surface area contributed by atoms with Gasteiger partial charge in [0.05, 0.1) is 7.11 Å². The number of nitrogens with zero attached hydrogens (tertiary/aromatic N) is 1. The van der Waals surface area contributed by atoms with Crippen molar-refractivity contribution in [3.8, 4) is 11.3 Å². The van der Waals surface area contributed by atoms with E-state index in [2.05, 4.69) is 4.74 Å². The third kappa shape index (κ3) is 4.11. The molecule has 7 heteroatoms. The maximum atomic E-state index is 14.3. The maximum absolute atomic E-state index is 14.3. The van der Waals surface area contributed by atoms with Gasteiger partial charge in [-0.3, -0.25) is 4.79 Å². The van der Waals surface area contributed by atoms with Crippen LogP contribution in [0, 0.1) is 11.6 Å². The van der Waals surface area contributed by atoms with Crippen LogP contribution in [0.3, 0.4) is 0 Å². The summed E-state index contributed by atoms with van der Waals surface area (Å²) in [6, 6.07) is 5.43. The molecular weight excluding hydrogens is 320 g/mol. The number of rotatable bonds is 7. The standard InChI is InChI=1S/C17H19F2NO4/c1-20(7-3-4-16(22)23-2)17-13(18)8-11(9-14(17)19)15-6-5-12(10-21)24-15/h5-6,8-9,21H,3-4,7,10H2,1-2H3. The average Bonchev–Trinajstić information content (AvgIpc) is 3.03. The molecule has 0 radical (unpaired) electrons. The van der Waals surface area contributed by atoms with Crippen LogP contribution in [0.1, 0.15) is 18.6 Å². The van der Waals surface area contributed by atoms with Crippen LogP contribution >= 0.6 is 0 Å². The van der Waals surface area contributed by atoms with Crippen LogP contribution in [-0.2, 0) is 16.1 Å². The lowest BCUT2D eigenvalue weighted by Gasteiger charge is -2.20. The lowest BCUT2D eigenvalue weighted by molar-refractivity contribution is -0.140. The van der Waals surface area contributed by atoms with Crippen molar-refractivity contribution in [2.45, 2.75) is 19.4 Å². The molecule has 0 aliphatic rings. The topological polar surface area (TPSA) is 62.9 Å². The van der Waals surface area contributed by atoms with Gasteiger partial charge in [0.25, 0.3) is 0 Å². The summed E-state index contributed by atoms with van der Waals surface area (Å²) in [5, 5.41) is 8.98. The van der Waals surface area contributed by atoms with Crippen molar-refractivity contribution >= 4 is 11.7 Å². The minimum atomic E-state index is -0.729. The molecule has 1 aromatic carbocycles. The van der Waals surface area contributed by atoms with Crippen LogP contribution in [0.5, 0.6) is 0 Å². The number of esters is 1. The van der Waals surface area contributed by atoms with Gasteiger partial charge in [0.2, 0.25) is 0 Å². The summed E-state index contributed by atoms with van der Waals surface area (Å²) in [5.41, 5.74) is 0.0777. The van der Waals surface area contributed by atoms with Crippen molar-refractivity contribution in [3.63, 3.8) is 0 Å². The molecule has 1 N–H and O–H groups in total. The molecule has 0 atom stereocenters. The van der Waals surface area contributed by atoms with Gasteiger partial charge in [-0.2, -0.15) is 0 Å². The highest BCUT2D eigenvalue weighted by atomic mass is 19.1. The highest BCUT2D eigenvalue weighted by Crippen LogP contribution is 2.30. The predicted molar refractivity (Wildman–Crippen MR) is 84.5 cm³/mol. The van der Waals surface area contributed by atoms with Crippen molar-refractivity contribution in [2.24, 2.45) is 0 Å². The van der Waals surface area contributed by atoms with Gasteiger partial charge in [0.15, 0.2) is 0 Å². The summed E-state index contributed by atoms with van der Waals surface area (Å²) in [6.07, 6.45) is 0.598. The number of hydrogen-bond acceptors (Lipinski definition) is 5. The second-order valence-corrected chi connectivity index (χ2v) is 5.31. The highest BCUT2D eigenvalue weighted by molar-refractivity contribution is 5.69. The van der Waals surface area contributed by atoms with Gasteiger partial charge in [-0.05, 0) is 30.7 Å². The summed E-state index contributed by atoms with van der Waals surface area (Å²) >= 11 is 0. The summed E-state index contributed by atoms with van der Waals surface area (Å²) in [4.78, 5) is 12.5. The monoisotopic (exact) mass is 339 g/mol. The average molecular weight is 339 g/mol. The van der Waals surface area contributed by atoms with Crippen LogP contribution < -0.4 is 4.90 Å². The van der Waals surface area contributed by atoms with Crippen LogP contribution in [0.2, 0.25) is 0 Å². The van der Waals surface area contributed by atoms with E-state index in [1.54, 1.807) is 13.1 Å². The Morgan fingerprint density at radius 2 is 1.96 bits per heavy atom. The van der Waals surface area contributed by atoms with Gasteiger partial charge in [0.1, 0.15) is 35.4 Å². The van der Waals surface area contributed by atoms with Gasteiger partial charge in [-0.15, -0.1) is 0 Å². The van der Waals surface area contributed by atoms with Crippen molar-refractivity contribution in [3.05, 3.63) is 41.7 Å². The maximum Gasteiger partial charge on any atom is 0.305 e. The number of carbonyl (C=O) groups excluding carboxylic acids is 1. The normalized spacial score (nSPS) is 10.7. The van der Waals surface area contributed by atoms with Gasteiger partial charge < -0.3 is 19.2 Å². The highest BCUT2D eigenvalue weighted by Gasteiger charge is 2.17. The fraction of sp³-hybridized carbons (Fsp3) is 0.353. The van der Waals surface area contributed by atoms with E-state index in [1.807, 2.05) is 0 Å². The lowest BCUT2D eigenvalue weighted by atomic mass is 10.1. The van der Waals surface area contributed by atoms with Crippen LogP contribution in [0.25, 0.3) is 11.3 Å². The van der Waals surface area contributed by atoms with Crippen molar-refractivity contribution in [1.29, 1.82) is 0 Å². The Kier molecular flexibility index (Phi) is 5.92. The number of aliphatic hydroxyl groups is 1. The van der Waals surface area contributed by atoms with Crippen LogP contribution in [-0.4, -0.2) is 31.8 Å². The lowest BCUT2D eigenvalue weighted by Crippen LogP contribution is -2.22. The van der Waals surface area contributed by atoms with Gasteiger partial charge in [0, 0.05) is 25.6 Å². The van der Waals surface area contributed by atoms with Gasteiger partial charge >= 0.3 is 5.97 Å². The Labute approximate surface area is 138 Å². The SMILES string of the molecule is COC(=O)CCCN(C)c1c(F)cc(-c2ccc(CO)o2)cc1F. The number of anilines is 1. The number of ether oxygens (including phenoxy) is 1. The molecular formula is C17H19F2NO4. The smallest absolute Gasteiger partial charge is 0.305 e. The molecule has 1 heterocycles. The quantitative estimate of drug-likeness (QED) is 0.786. The first kappa shape index (κ1) is 17.9. The number of halogens is 2. The molecule has 5 nitrogen and oxygen atoms in total. The van der Waals surface area contributed by atoms with E-state index in [0.717, 1.165) is 0 Å². The number of furan rings is 1. The molecule has 0 fully saturated rings. The molecule has 0 saturated carbocycles. The molecule has 1 aromatic heterocycles. The van der Waals surface area contributed by atoms with Crippen molar-refractivity contribution in [2.75, 3.05) is 25.6 Å². The van der Waals surface area contributed by atoms with E-state index in [0.29, 0.717) is 18.7 Å². The fourth-order valence-corrected chi connectivity index (χ4v) is 2.36. The molecule has 0 unspecified atom stereocenters. The summed E-state index contributed by atoms with van der Waals surface area (Å²) < 4.78 is 38.5. The summed E-state index contributed by atoms with van der Waals surface area (Å²) in [7, 11) is 2.84. The zero-order valence-electron chi connectivity index (χ0n) is 13.5. The Balaban J connectivity index is 2.15.